The molecule has 0 aliphatic carbocycles. The van der Waals surface area contributed by atoms with E-state index >= 15 is 0 Å². The molecule has 3 aromatic carbocycles. The third kappa shape index (κ3) is 6.68. The second kappa shape index (κ2) is 13.1. The van der Waals surface area contributed by atoms with Crippen molar-refractivity contribution in [3.8, 4) is 22.6 Å². The summed E-state index contributed by atoms with van der Waals surface area (Å²) in [7, 11) is 1.66. The van der Waals surface area contributed by atoms with E-state index in [4.69, 9.17) is 9.47 Å². The number of hydrogen-bond donors (Lipinski definition) is 1. The number of rotatable bonds is 8. The second-order valence-electron chi connectivity index (χ2n) is 8.49. The zero-order chi connectivity index (χ0) is 24.6. The quantitative estimate of drug-likeness (QED) is 0.414. The first kappa shape index (κ1) is 27.3. The van der Waals surface area contributed by atoms with E-state index in [9.17, 15) is 9.18 Å². The van der Waals surface area contributed by atoms with Crippen molar-refractivity contribution in [3.63, 3.8) is 0 Å². The van der Waals surface area contributed by atoms with Crippen LogP contribution < -0.4 is 19.7 Å². The molecule has 36 heavy (non-hydrogen) atoms. The van der Waals surface area contributed by atoms with Crippen molar-refractivity contribution in [2.24, 2.45) is 0 Å². The Morgan fingerprint density at radius 3 is 2.17 bits per heavy atom. The summed E-state index contributed by atoms with van der Waals surface area (Å²) in [6, 6.07) is 25.1. The van der Waals surface area contributed by atoms with Crippen LogP contribution in [0.1, 0.15) is 13.3 Å². The molecule has 0 spiro atoms. The molecule has 1 amide bonds. The van der Waals surface area contributed by atoms with Gasteiger partial charge in [0.1, 0.15) is 23.8 Å². The van der Waals surface area contributed by atoms with Crippen LogP contribution in [-0.2, 0) is 0 Å². The van der Waals surface area contributed by atoms with E-state index in [1.54, 1.807) is 26.2 Å². The summed E-state index contributed by atoms with van der Waals surface area (Å²) in [6.45, 7) is 4.39. The third-order valence-electron chi connectivity index (χ3n) is 6.30. The molecule has 1 heterocycles. The van der Waals surface area contributed by atoms with Gasteiger partial charge in [0, 0.05) is 26.2 Å². The Bertz CT molecular complexity index is 1090. The molecule has 192 valence electrons. The van der Waals surface area contributed by atoms with Crippen LogP contribution in [-0.4, -0.2) is 56.6 Å². The maximum absolute atomic E-state index is 14.9. The predicted molar refractivity (Wildman–Crippen MR) is 144 cm³/mol. The van der Waals surface area contributed by atoms with Crippen molar-refractivity contribution in [1.82, 2.24) is 10.2 Å². The van der Waals surface area contributed by atoms with E-state index in [2.05, 4.69) is 10.2 Å². The van der Waals surface area contributed by atoms with Gasteiger partial charge >= 0.3 is 6.09 Å². The fraction of sp³-hybridized carbons (Fsp3) is 0.321. The zero-order valence-corrected chi connectivity index (χ0v) is 21.4. The predicted octanol–water partition coefficient (Wildman–Crippen LogP) is 5.77. The highest BCUT2D eigenvalue weighted by Crippen LogP contribution is 2.29. The van der Waals surface area contributed by atoms with E-state index < -0.39 is 18.4 Å². The highest BCUT2D eigenvalue weighted by molar-refractivity contribution is 5.85. The topological polar surface area (TPSA) is 54.0 Å². The van der Waals surface area contributed by atoms with Crippen LogP contribution in [0.3, 0.4) is 0 Å². The van der Waals surface area contributed by atoms with Gasteiger partial charge in [0.15, 0.2) is 0 Å². The Kier molecular flexibility index (Phi) is 9.96. The molecule has 0 saturated carbocycles. The zero-order valence-electron chi connectivity index (χ0n) is 20.6. The summed E-state index contributed by atoms with van der Waals surface area (Å²) in [6.07, 6.45) is -2.33. The summed E-state index contributed by atoms with van der Waals surface area (Å²) in [5.74, 6) is 1.23. The Morgan fingerprint density at radius 1 is 0.917 bits per heavy atom. The normalized spacial score (nSPS) is 15.4. The molecule has 0 aromatic heterocycles. The number of piperazine rings is 1. The van der Waals surface area contributed by atoms with Crippen molar-refractivity contribution >= 4 is 24.2 Å². The summed E-state index contributed by atoms with van der Waals surface area (Å²) in [5.41, 5.74) is 3.13. The smallest absolute Gasteiger partial charge is 0.413 e. The van der Waals surface area contributed by atoms with Crippen LogP contribution in [0, 0.1) is 0 Å². The third-order valence-corrected chi connectivity index (χ3v) is 6.30. The molecule has 1 aliphatic rings. The van der Waals surface area contributed by atoms with E-state index in [1.807, 2.05) is 71.6 Å². The van der Waals surface area contributed by atoms with Gasteiger partial charge < -0.3 is 19.7 Å². The van der Waals surface area contributed by atoms with Crippen LogP contribution in [0.5, 0.6) is 11.5 Å². The fourth-order valence-corrected chi connectivity index (χ4v) is 4.37. The number of nitrogens with one attached hydrogen (secondary N) is 1. The van der Waals surface area contributed by atoms with Crippen LogP contribution in [0.4, 0.5) is 14.9 Å². The Morgan fingerprint density at radius 2 is 1.53 bits per heavy atom. The average Bonchev–Trinajstić information content (AvgIpc) is 2.92. The monoisotopic (exact) mass is 513 g/mol. The summed E-state index contributed by atoms with van der Waals surface area (Å²) < 4.78 is 25.9. The minimum absolute atomic E-state index is 0. The number of alkyl halides is 1. The lowest BCUT2D eigenvalue weighted by Crippen LogP contribution is -2.59. The van der Waals surface area contributed by atoms with Gasteiger partial charge in [-0.25, -0.2) is 9.18 Å². The first-order valence-corrected chi connectivity index (χ1v) is 12.0. The lowest BCUT2D eigenvalue weighted by Gasteiger charge is -2.41. The number of anilines is 1. The highest BCUT2D eigenvalue weighted by Gasteiger charge is 2.31. The molecule has 1 saturated heterocycles. The lowest BCUT2D eigenvalue weighted by atomic mass is 10.1. The summed E-state index contributed by atoms with van der Waals surface area (Å²) in [4.78, 5) is 16.8. The molecule has 0 bridgehead atoms. The number of methoxy groups -OCH3 is 1. The first-order chi connectivity index (χ1) is 17.1. The Labute approximate surface area is 218 Å². The molecule has 1 fully saturated rings. The second-order valence-corrected chi connectivity index (χ2v) is 8.49. The van der Waals surface area contributed by atoms with Crippen molar-refractivity contribution < 1.29 is 18.7 Å². The largest absolute Gasteiger partial charge is 0.495 e. The van der Waals surface area contributed by atoms with E-state index in [0.717, 1.165) is 22.6 Å². The van der Waals surface area contributed by atoms with Gasteiger partial charge in [0.2, 0.25) is 0 Å². The number of para-hydroxylation sites is 2. The van der Waals surface area contributed by atoms with Crippen LogP contribution in [0.15, 0.2) is 78.9 Å². The molecular formula is C28H33ClFN3O3. The van der Waals surface area contributed by atoms with Crippen LogP contribution >= 0.6 is 12.4 Å². The first-order valence-electron chi connectivity index (χ1n) is 12.0. The van der Waals surface area contributed by atoms with E-state index in [1.165, 1.54) is 0 Å². The van der Waals surface area contributed by atoms with Gasteiger partial charge in [0.25, 0.3) is 0 Å². The van der Waals surface area contributed by atoms with Crippen LogP contribution in [0.25, 0.3) is 11.1 Å². The molecule has 0 radical (unpaired) electrons. The van der Waals surface area contributed by atoms with Crippen molar-refractivity contribution in [2.75, 3.05) is 38.2 Å². The number of nitrogens with zero attached hydrogens (tertiary/aromatic N) is 2. The maximum atomic E-state index is 14.9. The molecule has 4 rings (SSSR count). The number of amides is 1. The van der Waals surface area contributed by atoms with E-state index in [0.29, 0.717) is 38.3 Å². The average molecular weight is 514 g/mol. The van der Waals surface area contributed by atoms with Crippen molar-refractivity contribution in [2.45, 2.75) is 25.7 Å². The van der Waals surface area contributed by atoms with Crippen LogP contribution in [0.2, 0.25) is 0 Å². The lowest BCUT2D eigenvalue weighted by molar-refractivity contribution is 0.0754. The standard InChI is InChI=1S/C28H32FN3O3.ClH/c1-3-24(29)27(32-19-17-31(18-20-32)25-11-7-8-12-26(25)34-2)30-28(33)35-23-15-13-22(14-16-23)21-9-5-4-6-10-21;/h4-16,24,27H,3,17-20H2,1-2H3,(H,30,33);1H. The fourth-order valence-electron chi connectivity index (χ4n) is 4.37. The van der Waals surface area contributed by atoms with Gasteiger partial charge in [-0.3, -0.25) is 4.90 Å². The van der Waals surface area contributed by atoms with E-state index in [-0.39, 0.29) is 12.4 Å². The molecule has 8 heteroatoms. The minimum atomic E-state index is -1.21. The Hall–Kier alpha value is -3.29. The highest BCUT2D eigenvalue weighted by atomic mass is 35.5. The number of halogens is 2. The molecule has 1 aliphatic heterocycles. The number of carbonyl (C=O) groups excluding carboxylic acids is 1. The number of benzene rings is 3. The molecular weight excluding hydrogens is 481 g/mol. The van der Waals surface area contributed by atoms with Gasteiger partial charge in [-0.05, 0) is 41.8 Å². The molecule has 2 atom stereocenters. The number of carbonyl (C=O) groups is 1. The molecule has 2 unspecified atom stereocenters. The van der Waals surface area contributed by atoms with Crippen molar-refractivity contribution in [3.05, 3.63) is 78.9 Å². The van der Waals surface area contributed by atoms with Gasteiger partial charge in [-0.15, -0.1) is 12.4 Å². The SMILES string of the molecule is CCC(F)C(NC(=O)Oc1ccc(-c2ccccc2)cc1)N1CCN(c2ccccc2OC)CC1.Cl. The van der Waals surface area contributed by atoms with Gasteiger partial charge in [-0.2, -0.15) is 0 Å². The molecule has 1 N–H and O–H groups in total. The number of ether oxygens (including phenoxy) is 2. The molecule has 3 aromatic rings. The summed E-state index contributed by atoms with van der Waals surface area (Å²) in [5, 5.41) is 2.76. The number of hydrogen-bond acceptors (Lipinski definition) is 5. The summed E-state index contributed by atoms with van der Waals surface area (Å²) >= 11 is 0. The Balaban J connectivity index is 0.00000361. The maximum Gasteiger partial charge on any atom is 0.413 e. The van der Waals surface area contributed by atoms with Gasteiger partial charge in [0.05, 0.1) is 12.8 Å². The molecule has 6 nitrogen and oxygen atoms in total. The van der Waals surface area contributed by atoms with Gasteiger partial charge in [-0.1, -0.05) is 61.5 Å². The van der Waals surface area contributed by atoms with Crippen molar-refractivity contribution in [1.29, 1.82) is 0 Å². The minimum Gasteiger partial charge on any atom is -0.495 e.